The van der Waals surface area contributed by atoms with Gasteiger partial charge in [-0.05, 0) is 42.0 Å². The zero-order chi connectivity index (χ0) is 17.0. The Hall–Kier alpha value is -2.28. The molecular weight excluding hydrogens is 326 g/mol. The molecule has 1 aromatic carbocycles. The molecule has 1 amide bonds. The van der Waals surface area contributed by atoms with E-state index in [-0.39, 0.29) is 12.3 Å². The molecule has 0 spiro atoms. The van der Waals surface area contributed by atoms with Crippen LogP contribution in [0, 0.1) is 0 Å². The van der Waals surface area contributed by atoms with E-state index in [9.17, 15) is 14.7 Å². The van der Waals surface area contributed by atoms with Gasteiger partial charge < -0.3 is 10.4 Å². The van der Waals surface area contributed by atoms with Crippen LogP contribution in [0.1, 0.15) is 18.4 Å². The van der Waals surface area contributed by atoms with E-state index < -0.39 is 11.5 Å². The zero-order valence-electron chi connectivity index (χ0n) is 13.1. The van der Waals surface area contributed by atoms with Gasteiger partial charge in [0.25, 0.3) is 0 Å². The molecular formula is C17H19N3O3S. The van der Waals surface area contributed by atoms with Crippen molar-refractivity contribution < 1.29 is 14.7 Å². The maximum Gasteiger partial charge on any atom is 0.329 e. The summed E-state index contributed by atoms with van der Waals surface area (Å²) in [5.74, 6) is 0.268. The molecule has 1 aliphatic rings. The Labute approximate surface area is 144 Å². The highest BCUT2D eigenvalue weighted by molar-refractivity contribution is 7.99. The van der Waals surface area contributed by atoms with Gasteiger partial charge in [0, 0.05) is 6.20 Å². The lowest BCUT2D eigenvalue weighted by Crippen LogP contribution is -2.56. The number of carbonyl (C=O) groups excluding carboxylic acids is 1. The number of rotatable bonds is 5. The molecule has 2 aromatic rings. The number of nitrogens with zero attached hydrogens (tertiary/aromatic N) is 2. The van der Waals surface area contributed by atoms with Crippen molar-refractivity contribution in [2.45, 2.75) is 24.8 Å². The van der Waals surface area contributed by atoms with Gasteiger partial charge in [-0.1, -0.05) is 18.2 Å². The molecule has 2 N–H and O–H groups in total. The summed E-state index contributed by atoms with van der Waals surface area (Å²) in [5.41, 5.74) is 0.537. The molecule has 1 aliphatic heterocycles. The third-order valence-corrected chi connectivity index (χ3v) is 5.14. The van der Waals surface area contributed by atoms with E-state index >= 15 is 0 Å². The predicted molar refractivity (Wildman–Crippen MR) is 92.3 cm³/mol. The Bertz CT molecular complexity index is 724. The fraction of sp³-hybridized carbons (Fsp3) is 0.353. The van der Waals surface area contributed by atoms with Gasteiger partial charge in [-0.25, -0.2) is 9.48 Å². The van der Waals surface area contributed by atoms with Gasteiger partial charge in [-0.2, -0.15) is 16.9 Å². The molecule has 3 rings (SSSR count). The number of thioether (sulfide) groups is 1. The first kappa shape index (κ1) is 16.6. The van der Waals surface area contributed by atoms with Gasteiger partial charge in [0.15, 0.2) is 0 Å². The topological polar surface area (TPSA) is 84.2 Å². The van der Waals surface area contributed by atoms with Crippen LogP contribution in [0.25, 0.3) is 5.69 Å². The third-order valence-electron chi connectivity index (χ3n) is 4.16. The minimum Gasteiger partial charge on any atom is -0.480 e. The van der Waals surface area contributed by atoms with E-state index in [0.29, 0.717) is 12.8 Å². The first-order valence-electron chi connectivity index (χ1n) is 7.80. The van der Waals surface area contributed by atoms with Gasteiger partial charge in [0.05, 0.1) is 18.3 Å². The SMILES string of the molecule is O=C(Cc1cnn(-c2ccccc2)c1)NC1(C(=O)O)CCSCC1. The van der Waals surface area contributed by atoms with E-state index in [1.807, 2.05) is 30.3 Å². The summed E-state index contributed by atoms with van der Waals surface area (Å²) in [5, 5.41) is 16.5. The second kappa shape index (κ2) is 7.09. The van der Waals surface area contributed by atoms with Crippen LogP contribution < -0.4 is 5.32 Å². The van der Waals surface area contributed by atoms with Crippen LogP contribution >= 0.6 is 11.8 Å². The highest BCUT2D eigenvalue weighted by Crippen LogP contribution is 2.27. The standard InChI is InChI=1S/C17H19N3O3S/c21-15(19-17(16(22)23)6-8-24-9-7-17)10-13-11-18-20(12-13)14-4-2-1-3-5-14/h1-5,11-12H,6-10H2,(H,19,21)(H,22,23). The van der Waals surface area contributed by atoms with Crippen molar-refractivity contribution in [1.82, 2.24) is 15.1 Å². The van der Waals surface area contributed by atoms with Crippen LogP contribution in [0.3, 0.4) is 0 Å². The predicted octanol–water partition coefficient (Wildman–Crippen LogP) is 1.88. The molecule has 126 valence electrons. The van der Waals surface area contributed by atoms with E-state index in [2.05, 4.69) is 10.4 Å². The molecule has 7 heteroatoms. The number of nitrogens with one attached hydrogen (secondary N) is 1. The van der Waals surface area contributed by atoms with E-state index in [0.717, 1.165) is 22.8 Å². The molecule has 0 unspecified atom stereocenters. The Balaban J connectivity index is 1.67. The van der Waals surface area contributed by atoms with Crippen molar-refractivity contribution in [2.75, 3.05) is 11.5 Å². The normalized spacial score (nSPS) is 16.5. The van der Waals surface area contributed by atoms with Gasteiger partial charge in [0.1, 0.15) is 5.54 Å². The Kier molecular flexibility index (Phi) is 4.89. The Morgan fingerprint density at radius 2 is 1.96 bits per heavy atom. The Morgan fingerprint density at radius 1 is 1.25 bits per heavy atom. The molecule has 24 heavy (non-hydrogen) atoms. The number of para-hydroxylation sites is 1. The number of carboxylic acid groups (broad SMARTS) is 1. The van der Waals surface area contributed by atoms with Crippen LogP contribution in [0.15, 0.2) is 42.7 Å². The quantitative estimate of drug-likeness (QED) is 0.864. The van der Waals surface area contributed by atoms with E-state index in [4.69, 9.17) is 0 Å². The minimum atomic E-state index is -1.13. The van der Waals surface area contributed by atoms with Crippen LogP contribution in [-0.2, 0) is 16.0 Å². The maximum atomic E-state index is 12.3. The van der Waals surface area contributed by atoms with Crippen molar-refractivity contribution in [3.8, 4) is 5.69 Å². The van der Waals surface area contributed by atoms with Crippen molar-refractivity contribution in [1.29, 1.82) is 0 Å². The van der Waals surface area contributed by atoms with Gasteiger partial charge >= 0.3 is 5.97 Å². The molecule has 0 saturated carbocycles. The lowest BCUT2D eigenvalue weighted by atomic mass is 9.92. The monoisotopic (exact) mass is 345 g/mol. The molecule has 0 radical (unpaired) electrons. The van der Waals surface area contributed by atoms with Crippen LogP contribution in [-0.4, -0.2) is 43.8 Å². The van der Waals surface area contributed by atoms with Gasteiger partial charge in [-0.15, -0.1) is 0 Å². The highest BCUT2D eigenvalue weighted by Gasteiger charge is 2.41. The number of hydrogen-bond donors (Lipinski definition) is 2. The van der Waals surface area contributed by atoms with Gasteiger partial charge in [-0.3, -0.25) is 4.79 Å². The van der Waals surface area contributed by atoms with Crippen molar-refractivity contribution in [3.05, 3.63) is 48.3 Å². The first-order chi connectivity index (χ1) is 11.6. The molecule has 0 atom stereocenters. The molecule has 1 fully saturated rings. The molecule has 1 saturated heterocycles. The van der Waals surface area contributed by atoms with Crippen LogP contribution in [0.2, 0.25) is 0 Å². The molecule has 0 bridgehead atoms. The highest BCUT2D eigenvalue weighted by atomic mass is 32.2. The second-order valence-corrected chi connectivity index (χ2v) is 7.08. The molecule has 2 heterocycles. The molecule has 6 nitrogen and oxygen atoms in total. The number of aromatic nitrogens is 2. The largest absolute Gasteiger partial charge is 0.480 e. The summed E-state index contributed by atoms with van der Waals surface area (Å²) in [6, 6.07) is 9.61. The van der Waals surface area contributed by atoms with Gasteiger partial charge in [0.2, 0.25) is 5.91 Å². The lowest BCUT2D eigenvalue weighted by molar-refractivity contribution is -0.148. The fourth-order valence-electron chi connectivity index (χ4n) is 2.78. The first-order valence-corrected chi connectivity index (χ1v) is 8.96. The summed E-state index contributed by atoms with van der Waals surface area (Å²) in [4.78, 5) is 23.9. The number of carboxylic acids is 1. The van der Waals surface area contributed by atoms with Crippen LogP contribution in [0.5, 0.6) is 0 Å². The summed E-state index contributed by atoms with van der Waals surface area (Å²) in [6.45, 7) is 0. The zero-order valence-corrected chi connectivity index (χ0v) is 14.0. The average molecular weight is 345 g/mol. The second-order valence-electron chi connectivity index (χ2n) is 5.85. The number of benzene rings is 1. The Morgan fingerprint density at radius 3 is 2.62 bits per heavy atom. The summed E-state index contributed by atoms with van der Waals surface area (Å²) < 4.78 is 1.70. The maximum absolute atomic E-state index is 12.3. The third kappa shape index (κ3) is 3.62. The number of amides is 1. The van der Waals surface area contributed by atoms with Crippen LogP contribution in [0.4, 0.5) is 0 Å². The molecule has 1 aromatic heterocycles. The van der Waals surface area contributed by atoms with Crippen molar-refractivity contribution in [3.63, 3.8) is 0 Å². The minimum absolute atomic E-state index is 0.120. The average Bonchev–Trinajstić information content (AvgIpc) is 3.04. The number of aliphatic carboxylic acids is 1. The van der Waals surface area contributed by atoms with Crippen molar-refractivity contribution >= 4 is 23.6 Å². The number of hydrogen-bond acceptors (Lipinski definition) is 4. The van der Waals surface area contributed by atoms with E-state index in [1.165, 1.54) is 0 Å². The molecule has 0 aliphatic carbocycles. The summed E-state index contributed by atoms with van der Waals surface area (Å²) >= 11 is 1.72. The van der Waals surface area contributed by atoms with Crippen molar-refractivity contribution in [2.24, 2.45) is 0 Å². The smallest absolute Gasteiger partial charge is 0.329 e. The summed E-state index contributed by atoms with van der Waals surface area (Å²) in [6.07, 6.45) is 4.47. The summed E-state index contributed by atoms with van der Waals surface area (Å²) in [7, 11) is 0. The fourth-order valence-corrected chi connectivity index (χ4v) is 3.97. The van der Waals surface area contributed by atoms with E-state index in [1.54, 1.807) is 28.8 Å². The number of carbonyl (C=O) groups is 2. The lowest BCUT2D eigenvalue weighted by Gasteiger charge is -2.33.